The minimum absolute atomic E-state index is 0.297. The van der Waals surface area contributed by atoms with Crippen LogP contribution >= 0.6 is 0 Å². The summed E-state index contributed by atoms with van der Waals surface area (Å²) in [7, 11) is 1.40. The minimum atomic E-state index is -0.297. The van der Waals surface area contributed by atoms with E-state index in [-0.39, 0.29) is 5.97 Å². The fraction of sp³-hybridized carbons (Fsp3) is 0.263. The van der Waals surface area contributed by atoms with Crippen LogP contribution in [0.2, 0.25) is 0 Å². The van der Waals surface area contributed by atoms with Gasteiger partial charge < -0.3 is 4.74 Å². The normalized spacial score (nSPS) is 11.5. The summed E-state index contributed by atoms with van der Waals surface area (Å²) in [4.78, 5) is 15.8. The molecule has 2 rings (SSSR count). The van der Waals surface area contributed by atoms with Gasteiger partial charge in [-0.15, -0.1) is 0 Å². The fourth-order valence-electron chi connectivity index (χ4n) is 2.19. The molecule has 0 aliphatic carbocycles. The number of aromatic nitrogens is 1. The number of hydrogen-bond acceptors (Lipinski definition) is 3. The van der Waals surface area contributed by atoms with Gasteiger partial charge in [0.2, 0.25) is 0 Å². The van der Waals surface area contributed by atoms with Crippen LogP contribution in [0.5, 0.6) is 0 Å². The number of carbonyl (C=O) groups is 1. The van der Waals surface area contributed by atoms with Crippen LogP contribution in [0.25, 0.3) is 11.3 Å². The zero-order valence-electron chi connectivity index (χ0n) is 13.2. The molecule has 2 aromatic rings. The molecule has 114 valence electrons. The number of esters is 1. The quantitative estimate of drug-likeness (QED) is 0.617. The number of hydrogen-bond donors (Lipinski definition) is 0. The van der Waals surface area contributed by atoms with Crippen molar-refractivity contribution >= 4 is 5.97 Å². The van der Waals surface area contributed by atoms with Gasteiger partial charge in [-0.05, 0) is 30.0 Å². The molecule has 3 nitrogen and oxygen atoms in total. The SMILES string of the molecule is COC(=O)/C=C(/Cc1ccc(-c2ccccn2)cc1)C(C)C. The van der Waals surface area contributed by atoms with E-state index < -0.39 is 0 Å². The Balaban J connectivity index is 2.16. The number of pyridine rings is 1. The van der Waals surface area contributed by atoms with E-state index in [1.165, 1.54) is 12.7 Å². The molecular weight excluding hydrogens is 274 g/mol. The van der Waals surface area contributed by atoms with Gasteiger partial charge in [0.25, 0.3) is 0 Å². The molecule has 0 N–H and O–H groups in total. The van der Waals surface area contributed by atoms with Crippen molar-refractivity contribution in [1.82, 2.24) is 4.98 Å². The summed E-state index contributed by atoms with van der Waals surface area (Å²) in [5.74, 6) is 0.00312. The molecule has 0 saturated heterocycles. The summed E-state index contributed by atoms with van der Waals surface area (Å²) in [6, 6.07) is 14.2. The number of methoxy groups -OCH3 is 1. The first-order valence-electron chi connectivity index (χ1n) is 7.39. The molecule has 0 unspecified atom stereocenters. The second kappa shape index (κ2) is 7.55. The van der Waals surface area contributed by atoms with Crippen molar-refractivity contribution in [2.24, 2.45) is 5.92 Å². The van der Waals surface area contributed by atoms with Crippen molar-refractivity contribution < 1.29 is 9.53 Å². The van der Waals surface area contributed by atoms with E-state index in [0.29, 0.717) is 5.92 Å². The Hall–Kier alpha value is -2.42. The van der Waals surface area contributed by atoms with Gasteiger partial charge in [0.05, 0.1) is 12.8 Å². The molecular formula is C19H21NO2. The highest BCUT2D eigenvalue weighted by molar-refractivity contribution is 5.82. The molecule has 1 aromatic heterocycles. The first-order valence-corrected chi connectivity index (χ1v) is 7.39. The predicted octanol–water partition coefficient (Wildman–Crippen LogP) is 4.05. The number of allylic oxidation sites excluding steroid dienone is 1. The maximum Gasteiger partial charge on any atom is 0.330 e. The molecule has 0 radical (unpaired) electrons. The highest BCUT2D eigenvalue weighted by Gasteiger charge is 2.08. The third-order valence-corrected chi connectivity index (χ3v) is 3.57. The van der Waals surface area contributed by atoms with Crippen LogP contribution < -0.4 is 0 Å². The summed E-state index contributed by atoms with van der Waals surface area (Å²) >= 11 is 0. The van der Waals surface area contributed by atoms with Crippen molar-refractivity contribution in [2.45, 2.75) is 20.3 Å². The van der Waals surface area contributed by atoms with Crippen molar-refractivity contribution in [3.8, 4) is 11.3 Å². The smallest absolute Gasteiger partial charge is 0.330 e. The summed E-state index contributed by atoms with van der Waals surface area (Å²) in [6.07, 6.45) is 4.13. The largest absolute Gasteiger partial charge is 0.466 e. The molecule has 0 bridgehead atoms. The van der Waals surface area contributed by atoms with Gasteiger partial charge in [-0.2, -0.15) is 0 Å². The lowest BCUT2D eigenvalue weighted by Gasteiger charge is -2.12. The molecule has 0 fully saturated rings. The fourth-order valence-corrected chi connectivity index (χ4v) is 2.19. The van der Waals surface area contributed by atoms with Crippen LogP contribution in [0.3, 0.4) is 0 Å². The Morgan fingerprint density at radius 1 is 1.18 bits per heavy atom. The van der Waals surface area contributed by atoms with E-state index in [4.69, 9.17) is 4.74 Å². The summed E-state index contributed by atoms with van der Waals surface area (Å²) in [5.41, 5.74) is 4.29. The van der Waals surface area contributed by atoms with Crippen LogP contribution in [0.15, 0.2) is 60.3 Å². The Morgan fingerprint density at radius 3 is 2.45 bits per heavy atom. The van der Waals surface area contributed by atoms with Crippen molar-refractivity contribution in [1.29, 1.82) is 0 Å². The van der Waals surface area contributed by atoms with Crippen LogP contribution in [0, 0.1) is 5.92 Å². The van der Waals surface area contributed by atoms with Gasteiger partial charge in [0.15, 0.2) is 0 Å². The summed E-state index contributed by atoms with van der Waals surface area (Å²) < 4.78 is 4.72. The lowest BCUT2D eigenvalue weighted by atomic mass is 9.94. The highest BCUT2D eigenvalue weighted by atomic mass is 16.5. The number of rotatable bonds is 5. The molecule has 3 heteroatoms. The Kier molecular flexibility index (Phi) is 5.48. The van der Waals surface area contributed by atoms with Gasteiger partial charge in [-0.25, -0.2) is 4.79 Å². The average Bonchev–Trinajstić information content (AvgIpc) is 2.55. The topological polar surface area (TPSA) is 39.2 Å². The first kappa shape index (κ1) is 16.0. The van der Waals surface area contributed by atoms with E-state index in [2.05, 4.69) is 43.1 Å². The van der Waals surface area contributed by atoms with E-state index in [9.17, 15) is 4.79 Å². The Labute approximate surface area is 131 Å². The highest BCUT2D eigenvalue weighted by Crippen LogP contribution is 2.20. The lowest BCUT2D eigenvalue weighted by molar-refractivity contribution is -0.134. The standard InChI is InChI=1S/C19H21NO2/c1-14(2)17(13-19(21)22-3)12-15-7-9-16(10-8-15)18-6-4-5-11-20-18/h4-11,13-14H,12H2,1-3H3/b17-13-. The Bertz CT molecular complexity index is 643. The van der Waals surface area contributed by atoms with Gasteiger partial charge in [-0.1, -0.05) is 49.8 Å². The third kappa shape index (κ3) is 4.29. The molecule has 0 atom stereocenters. The van der Waals surface area contributed by atoms with Gasteiger partial charge in [0.1, 0.15) is 0 Å². The second-order valence-electron chi connectivity index (χ2n) is 5.49. The van der Waals surface area contributed by atoms with Gasteiger partial charge in [-0.3, -0.25) is 4.98 Å². The molecule has 0 amide bonds. The van der Waals surface area contributed by atoms with Crippen LogP contribution in [-0.2, 0) is 16.0 Å². The number of carbonyl (C=O) groups excluding carboxylic acids is 1. The maximum atomic E-state index is 11.4. The summed E-state index contributed by atoms with van der Waals surface area (Å²) in [5, 5.41) is 0. The van der Waals surface area contributed by atoms with Gasteiger partial charge >= 0.3 is 5.97 Å². The summed E-state index contributed by atoms with van der Waals surface area (Å²) in [6.45, 7) is 4.16. The van der Waals surface area contributed by atoms with Gasteiger partial charge in [0, 0.05) is 17.8 Å². The molecule has 0 aliphatic rings. The lowest BCUT2D eigenvalue weighted by Crippen LogP contribution is -2.04. The van der Waals surface area contributed by atoms with Crippen molar-refractivity contribution in [2.75, 3.05) is 7.11 Å². The second-order valence-corrected chi connectivity index (χ2v) is 5.49. The molecule has 0 spiro atoms. The number of nitrogens with zero attached hydrogens (tertiary/aromatic N) is 1. The minimum Gasteiger partial charge on any atom is -0.466 e. The van der Waals surface area contributed by atoms with Crippen LogP contribution in [-0.4, -0.2) is 18.1 Å². The molecule has 0 saturated carbocycles. The first-order chi connectivity index (χ1) is 10.6. The number of ether oxygens (including phenoxy) is 1. The van der Waals surface area contributed by atoms with E-state index in [1.807, 2.05) is 18.2 Å². The molecule has 1 aromatic carbocycles. The van der Waals surface area contributed by atoms with Crippen LogP contribution in [0.4, 0.5) is 0 Å². The van der Waals surface area contributed by atoms with Crippen LogP contribution in [0.1, 0.15) is 19.4 Å². The van der Waals surface area contributed by atoms with E-state index in [0.717, 1.165) is 23.3 Å². The monoisotopic (exact) mass is 295 g/mol. The number of benzene rings is 1. The zero-order chi connectivity index (χ0) is 15.9. The Morgan fingerprint density at radius 2 is 1.91 bits per heavy atom. The molecule has 22 heavy (non-hydrogen) atoms. The predicted molar refractivity (Wildman–Crippen MR) is 88.3 cm³/mol. The zero-order valence-corrected chi connectivity index (χ0v) is 13.2. The van der Waals surface area contributed by atoms with Crippen molar-refractivity contribution in [3.63, 3.8) is 0 Å². The van der Waals surface area contributed by atoms with E-state index >= 15 is 0 Å². The van der Waals surface area contributed by atoms with E-state index in [1.54, 1.807) is 12.3 Å². The molecule has 0 aliphatic heterocycles. The average molecular weight is 295 g/mol. The maximum absolute atomic E-state index is 11.4. The molecule has 1 heterocycles. The third-order valence-electron chi connectivity index (χ3n) is 3.57. The van der Waals surface area contributed by atoms with Crippen molar-refractivity contribution in [3.05, 3.63) is 65.9 Å².